The van der Waals surface area contributed by atoms with Gasteiger partial charge in [-0.3, -0.25) is 0 Å². The van der Waals surface area contributed by atoms with Gasteiger partial charge in [0.25, 0.3) is 0 Å². The first-order valence-electron chi connectivity index (χ1n) is 7.16. The number of nitrogens with one attached hydrogen (secondary N) is 1. The fourth-order valence-electron chi connectivity index (χ4n) is 2.17. The van der Waals surface area contributed by atoms with Crippen LogP contribution in [0.3, 0.4) is 0 Å². The number of benzene rings is 1. The van der Waals surface area contributed by atoms with E-state index in [4.69, 9.17) is 9.47 Å². The van der Waals surface area contributed by atoms with Crippen molar-refractivity contribution in [2.45, 2.75) is 6.18 Å². The molecule has 0 saturated carbocycles. The molecule has 0 spiro atoms. The van der Waals surface area contributed by atoms with Crippen molar-refractivity contribution in [1.29, 1.82) is 0 Å². The van der Waals surface area contributed by atoms with E-state index in [1.165, 1.54) is 14.2 Å². The Morgan fingerprint density at radius 3 is 2.38 bits per heavy atom. The zero-order valence-electron chi connectivity index (χ0n) is 13.9. The van der Waals surface area contributed by atoms with Crippen molar-refractivity contribution in [3.8, 4) is 11.5 Å². The first kappa shape index (κ1) is 18.1. The lowest BCUT2D eigenvalue weighted by Crippen LogP contribution is -2.22. The van der Waals surface area contributed by atoms with Gasteiger partial charge in [0.15, 0.2) is 11.5 Å². The lowest BCUT2D eigenvalue weighted by molar-refractivity contribution is -0.144. The molecule has 2 aromatic rings. The number of hydrogen-bond acceptors (Lipinski definition) is 6. The number of aromatic nitrogens is 2. The summed E-state index contributed by atoms with van der Waals surface area (Å²) in [5.41, 5.74) is 0.0477. The van der Waals surface area contributed by atoms with Crippen molar-refractivity contribution in [2.24, 2.45) is 0 Å². The van der Waals surface area contributed by atoms with Crippen LogP contribution in [0.25, 0.3) is 10.9 Å². The summed E-state index contributed by atoms with van der Waals surface area (Å²) < 4.78 is 49.7. The van der Waals surface area contributed by atoms with E-state index < -0.39 is 12.0 Å². The number of alkyl halides is 3. The summed E-state index contributed by atoms with van der Waals surface area (Å²) >= 11 is 0. The van der Waals surface area contributed by atoms with Crippen molar-refractivity contribution in [3.63, 3.8) is 0 Å². The number of nitrogens with zero attached hydrogens (tertiary/aromatic N) is 3. The van der Waals surface area contributed by atoms with Gasteiger partial charge in [0, 0.05) is 18.5 Å². The predicted octanol–water partition coefficient (Wildman–Crippen LogP) is 2.64. The van der Waals surface area contributed by atoms with Gasteiger partial charge in [0.2, 0.25) is 5.82 Å². The van der Waals surface area contributed by atoms with Crippen LogP contribution in [0.1, 0.15) is 5.82 Å². The second kappa shape index (κ2) is 7.08. The monoisotopic (exact) mass is 344 g/mol. The van der Waals surface area contributed by atoms with Gasteiger partial charge in [0.1, 0.15) is 11.3 Å². The fourth-order valence-corrected chi connectivity index (χ4v) is 2.17. The number of ether oxygens (including phenoxy) is 2. The van der Waals surface area contributed by atoms with Crippen molar-refractivity contribution in [3.05, 3.63) is 18.0 Å². The minimum atomic E-state index is -4.67. The van der Waals surface area contributed by atoms with E-state index in [-0.39, 0.29) is 17.1 Å². The smallest absolute Gasteiger partial charge is 0.451 e. The summed E-state index contributed by atoms with van der Waals surface area (Å²) in [7, 11) is 6.50. The zero-order valence-corrected chi connectivity index (χ0v) is 13.9. The van der Waals surface area contributed by atoms with E-state index in [0.29, 0.717) is 24.2 Å². The second-order valence-corrected chi connectivity index (χ2v) is 5.32. The third-order valence-corrected chi connectivity index (χ3v) is 3.31. The molecular formula is C15H19F3N4O2. The Kier molecular flexibility index (Phi) is 5.33. The highest BCUT2D eigenvalue weighted by Gasteiger charge is 2.36. The van der Waals surface area contributed by atoms with Crippen LogP contribution < -0.4 is 14.8 Å². The SMILES string of the molecule is COc1ccc2c(NCCN(C)C)nc(C(F)(F)F)nc2c1OC. The zero-order chi connectivity index (χ0) is 17.9. The average molecular weight is 344 g/mol. The summed E-state index contributed by atoms with van der Waals surface area (Å²) in [6.07, 6.45) is -4.67. The van der Waals surface area contributed by atoms with Crippen LogP contribution in [-0.2, 0) is 6.18 Å². The lowest BCUT2D eigenvalue weighted by atomic mass is 10.2. The quantitative estimate of drug-likeness (QED) is 0.869. The summed E-state index contributed by atoms with van der Waals surface area (Å²) in [6.45, 7) is 1.07. The number of rotatable bonds is 6. The molecule has 9 heteroatoms. The molecule has 0 bridgehead atoms. The molecule has 0 radical (unpaired) electrons. The Bertz CT molecular complexity index is 720. The van der Waals surface area contributed by atoms with Crippen LogP contribution in [0.5, 0.6) is 11.5 Å². The van der Waals surface area contributed by atoms with Crippen molar-refractivity contribution < 1.29 is 22.6 Å². The van der Waals surface area contributed by atoms with Crippen molar-refractivity contribution in [2.75, 3.05) is 46.7 Å². The van der Waals surface area contributed by atoms with Crippen LogP contribution in [0, 0.1) is 0 Å². The van der Waals surface area contributed by atoms with E-state index in [1.807, 2.05) is 19.0 Å². The molecule has 1 heterocycles. The normalized spacial score (nSPS) is 11.8. The lowest BCUT2D eigenvalue weighted by Gasteiger charge is -2.16. The van der Waals surface area contributed by atoms with E-state index in [2.05, 4.69) is 15.3 Å². The Morgan fingerprint density at radius 2 is 1.83 bits per heavy atom. The summed E-state index contributed by atoms with van der Waals surface area (Å²) in [5, 5.41) is 3.36. The molecule has 1 N–H and O–H groups in total. The minimum absolute atomic E-state index is 0.0477. The van der Waals surface area contributed by atoms with Gasteiger partial charge >= 0.3 is 6.18 Å². The molecule has 1 aromatic heterocycles. The third-order valence-electron chi connectivity index (χ3n) is 3.31. The van der Waals surface area contributed by atoms with E-state index in [0.717, 1.165) is 0 Å². The number of hydrogen-bond donors (Lipinski definition) is 1. The molecule has 0 fully saturated rings. The number of anilines is 1. The Balaban J connectivity index is 2.61. The second-order valence-electron chi connectivity index (χ2n) is 5.32. The van der Waals surface area contributed by atoms with Crippen molar-refractivity contribution in [1.82, 2.24) is 14.9 Å². The minimum Gasteiger partial charge on any atom is -0.493 e. The highest BCUT2D eigenvalue weighted by Crippen LogP contribution is 2.38. The summed E-state index contributed by atoms with van der Waals surface area (Å²) in [5.74, 6) is -0.682. The first-order valence-corrected chi connectivity index (χ1v) is 7.16. The van der Waals surface area contributed by atoms with Gasteiger partial charge in [-0.25, -0.2) is 9.97 Å². The van der Waals surface area contributed by atoms with Crippen molar-refractivity contribution >= 4 is 16.7 Å². The van der Waals surface area contributed by atoms with E-state index in [9.17, 15) is 13.2 Å². The van der Waals surface area contributed by atoms with Crippen LogP contribution >= 0.6 is 0 Å². The molecule has 0 aliphatic heterocycles. The largest absolute Gasteiger partial charge is 0.493 e. The number of halogens is 3. The van der Waals surface area contributed by atoms with E-state index >= 15 is 0 Å². The summed E-state index contributed by atoms with van der Waals surface area (Å²) in [4.78, 5) is 9.18. The molecule has 0 amide bonds. The Labute approximate surface area is 137 Å². The molecule has 132 valence electrons. The van der Waals surface area contributed by atoms with Gasteiger partial charge in [-0.05, 0) is 26.2 Å². The highest BCUT2D eigenvalue weighted by molar-refractivity contribution is 5.95. The van der Waals surface area contributed by atoms with Gasteiger partial charge in [0.05, 0.1) is 14.2 Å². The molecule has 0 saturated heterocycles. The molecule has 1 aromatic carbocycles. The molecule has 24 heavy (non-hydrogen) atoms. The Morgan fingerprint density at radius 1 is 1.12 bits per heavy atom. The number of fused-ring (bicyclic) bond motifs is 1. The van der Waals surface area contributed by atoms with E-state index in [1.54, 1.807) is 12.1 Å². The maximum absolute atomic E-state index is 13.1. The summed E-state index contributed by atoms with van der Waals surface area (Å²) in [6, 6.07) is 3.21. The van der Waals surface area contributed by atoms with Gasteiger partial charge in [-0.1, -0.05) is 0 Å². The van der Waals surface area contributed by atoms with Gasteiger partial charge in [-0.2, -0.15) is 13.2 Å². The topological polar surface area (TPSA) is 59.5 Å². The predicted molar refractivity (Wildman–Crippen MR) is 84.7 cm³/mol. The molecule has 0 aliphatic rings. The van der Waals surface area contributed by atoms with Crippen LogP contribution in [0.2, 0.25) is 0 Å². The maximum atomic E-state index is 13.1. The fraction of sp³-hybridized carbons (Fsp3) is 0.467. The highest BCUT2D eigenvalue weighted by atomic mass is 19.4. The third kappa shape index (κ3) is 3.78. The number of likely N-dealkylation sites (N-methyl/N-ethyl adjacent to an activating group) is 1. The molecule has 0 aliphatic carbocycles. The Hall–Kier alpha value is -2.29. The molecule has 0 atom stereocenters. The molecule has 0 unspecified atom stereocenters. The standard InChI is InChI=1S/C15H19F3N4O2/c1-22(2)8-7-19-13-9-5-6-10(23-3)12(24-4)11(9)20-14(21-13)15(16,17)18/h5-6H,7-8H2,1-4H3,(H,19,20,21). The first-order chi connectivity index (χ1) is 11.3. The van der Waals surface area contributed by atoms with Crippen LogP contribution in [0.4, 0.5) is 19.0 Å². The van der Waals surface area contributed by atoms with Gasteiger partial charge < -0.3 is 19.7 Å². The maximum Gasteiger partial charge on any atom is 0.451 e. The number of methoxy groups -OCH3 is 2. The van der Waals surface area contributed by atoms with Crippen LogP contribution in [0.15, 0.2) is 12.1 Å². The molecular weight excluding hydrogens is 325 g/mol. The average Bonchev–Trinajstić information content (AvgIpc) is 2.52. The van der Waals surface area contributed by atoms with Gasteiger partial charge in [-0.15, -0.1) is 0 Å². The molecule has 6 nitrogen and oxygen atoms in total. The molecule has 2 rings (SSSR count). The van der Waals surface area contributed by atoms with Crippen LogP contribution in [-0.4, -0.2) is 56.3 Å².